The van der Waals surface area contributed by atoms with Gasteiger partial charge in [0, 0.05) is 6.07 Å². The van der Waals surface area contributed by atoms with Gasteiger partial charge >= 0.3 is 12.4 Å². The molecule has 1 radical (unpaired) electrons. The van der Waals surface area contributed by atoms with Crippen LogP contribution in [0.1, 0.15) is 16.7 Å². The van der Waals surface area contributed by atoms with Gasteiger partial charge in [-0.1, -0.05) is 24.3 Å². The molecule has 31 heavy (non-hydrogen) atoms. The van der Waals surface area contributed by atoms with E-state index in [1.807, 2.05) is 0 Å². The molecule has 0 N–H and O–H groups in total. The van der Waals surface area contributed by atoms with Crippen molar-refractivity contribution in [2.24, 2.45) is 0 Å². The van der Waals surface area contributed by atoms with E-state index in [2.05, 4.69) is 6.07 Å². The maximum atomic E-state index is 12.6. The fourth-order valence-corrected chi connectivity index (χ4v) is 2.53. The maximum Gasteiger partial charge on any atom is 0.417 e. The van der Waals surface area contributed by atoms with Gasteiger partial charge in [0.2, 0.25) is 0 Å². The zero-order valence-corrected chi connectivity index (χ0v) is 15.8. The molecule has 3 aromatic rings. The average Bonchev–Trinajstić information content (AvgIpc) is 2.71. The second kappa shape index (κ2) is 9.16. The number of benzene rings is 3. The van der Waals surface area contributed by atoms with Crippen molar-refractivity contribution in [3.63, 3.8) is 0 Å². The zero-order chi connectivity index (χ0) is 22.5. The normalized spacial score (nSPS) is 12.2. The smallest absolute Gasteiger partial charge is 0.417 e. The van der Waals surface area contributed by atoms with Gasteiger partial charge < -0.3 is 9.47 Å². The van der Waals surface area contributed by atoms with Crippen molar-refractivity contribution in [1.29, 1.82) is 0 Å². The Labute approximate surface area is 174 Å². The first-order chi connectivity index (χ1) is 14.6. The number of halogens is 6. The standard InChI is InChI=1S/C23H15F6O2/c24-22(25,26)17-8-6-16(7-9-17)3-2-14-30-20-4-1-5-21(15-20)31-19-12-10-18(11-13-19)23(27,28)29/h1-10,12-13,15H,14H2/b3-2+. The lowest BCUT2D eigenvalue weighted by molar-refractivity contribution is -0.138. The molecule has 0 aliphatic carbocycles. The molecular weight excluding hydrogens is 422 g/mol. The SMILES string of the molecule is FC(F)(F)c1[c]cc(Oc2cccc(OC/C=C/c3ccc(C(F)(F)F)cc3)c2)cc1. The molecule has 0 fully saturated rings. The van der Waals surface area contributed by atoms with Crippen LogP contribution in [0, 0.1) is 6.07 Å². The third kappa shape index (κ3) is 6.53. The third-order valence-corrected chi connectivity index (χ3v) is 4.03. The quantitative estimate of drug-likeness (QED) is 0.374. The molecule has 3 rings (SSSR count). The summed E-state index contributed by atoms with van der Waals surface area (Å²) in [4.78, 5) is 0. The van der Waals surface area contributed by atoms with Crippen LogP contribution in [0.15, 0.2) is 72.8 Å². The van der Waals surface area contributed by atoms with Crippen LogP contribution in [0.25, 0.3) is 6.08 Å². The second-order valence-corrected chi connectivity index (χ2v) is 6.35. The minimum Gasteiger partial charge on any atom is -0.489 e. The summed E-state index contributed by atoms with van der Waals surface area (Å²) in [6, 6.07) is 16.5. The number of hydrogen-bond acceptors (Lipinski definition) is 2. The number of rotatable bonds is 6. The Morgan fingerprint density at radius 1 is 0.774 bits per heavy atom. The van der Waals surface area contributed by atoms with Gasteiger partial charge in [-0.25, -0.2) is 0 Å². The van der Waals surface area contributed by atoms with Crippen molar-refractivity contribution in [2.45, 2.75) is 12.4 Å². The fraction of sp³-hybridized carbons (Fsp3) is 0.130. The van der Waals surface area contributed by atoms with Gasteiger partial charge in [-0.05, 0) is 60.2 Å². The molecule has 0 aliphatic heterocycles. The summed E-state index contributed by atoms with van der Waals surface area (Å²) in [6.07, 6.45) is -5.59. The first-order valence-electron chi connectivity index (χ1n) is 8.95. The molecule has 2 nitrogen and oxygen atoms in total. The molecule has 0 aromatic heterocycles. The minimum atomic E-state index is -4.47. The Kier molecular flexibility index (Phi) is 6.58. The monoisotopic (exact) mass is 437 g/mol. The summed E-state index contributed by atoms with van der Waals surface area (Å²) < 4.78 is 86.5. The van der Waals surface area contributed by atoms with E-state index < -0.39 is 23.5 Å². The summed E-state index contributed by atoms with van der Waals surface area (Å²) in [5.74, 6) is 0.996. The molecule has 0 saturated carbocycles. The molecule has 161 valence electrons. The van der Waals surface area contributed by atoms with E-state index >= 15 is 0 Å². The van der Waals surface area contributed by atoms with Gasteiger partial charge in [-0.15, -0.1) is 0 Å². The van der Waals surface area contributed by atoms with Crippen molar-refractivity contribution < 1.29 is 35.8 Å². The number of alkyl halides is 6. The largest absolute Gasteiger partial charge is 0.489 e. The maximum absolute atomic E-state index is 12.6. The van der Waals surface area contributed by atoms with E-state index in [0.29, 0.717) is 17.1 Å². The minimum absolute atomic E-state index is 0.151. The van der Waals surface area contributed by atoms with Gasteiger partial charge in [-0.2, -0.15) is 26.3 Å². The predicted molar refractivity (Wildman–Crippen MR) is 103 cm³/mol. The predicted octanol–water partition coefficient (Wildman–Crippen LogP) is 7.41. The Morgan fingerprint density at radius 2 is 1.48 bits per heavy atom. The van der Waals surface area contributed by atoms with Crippen molar-refractivity contribution in [1.82, 2.24) is 0 Å². The van der Waals surface area contributed by atoms with E-state index in [1.165, 1.54) is 18.2 Å². The third-order valence-electron chi connectivity index (χ3n) is 4.03. The van der Waals surface area contributed by atoms with Crippen molar-refractivity contribution in [3.8, 4) is 17.2 Å². The van der Waals surface area contributed by atoms with Crippen molar-refractivity contribution in [2.75, 3.05) is 6.61 Å². The zero-order valence-electron chi connectivity index (χ0n) is 15.8. The first-order valence-corrected chi connectivity index (χ1v) is 8.95. The van der Waals surface area contributed by atoms with Crippen LogP contribution in [0.5, 0.6) is 17.2 Å². The summed E-state index contributed by atoms with van der Waals surface area (Å²) in [7, 11) is 0. The Bertz CT molecular complexity index is 1020. The van der Waals surface area contributed by atoms with E-state index in [0.717, 1.165) is 24.3 Å². The Morgan fingerprint density at radius 3 is 2.10 bits per heavy atom. The Hall–Kier alpha value is -3.42. The summed E-state index contributed by atoms with van der Waals surface area (Å²) in [5, 5.41) is 0. The van der Waals surface area contributed by atoms with Crippen molar-refractivity contribution in [3.05, 3.63) is 95.6 Å². The molecule has 8 heteroatoms. The molecule has 0 aliphatic rings. The van der Waals surface area contributed by atoms with Crippen LogP contribution >= 0.6 is 0 Å². The molecule has 3 aromatic carbocycles. The number of hydrogen-bond donors (Lipinski definition) is 0. The van der Waals surface area contributed by atoms with Gasteiger partial charge in [-0.3, -0.25) is 0 Å². The summed E-state index contributed by atoms with van der Waals surface area (Å²) in [6.45, 7) is 0.151. The molecule has 0 saturated heterocycles. The van der Waals surface area contributed by atoms with Crippen molar-refractivity contribution >= 4 is 6.08 Å². The van der Waals surface area contributed by atoms with Crippen LogP contribution < -0.4 is 9.47 Å². The summed E-state index contributed by atoms with van der Waals surface area (Å²) >= 11 is 0. The topological polar surface area (TPSA) is 18.5 Å². The van der Waals surface area contributed by atoms with E-state index in [-0.39, 0.29) is 12.4 Å². The lowest BCUT2D eigenvalue weighted by Gasteiger charge is -2.10. The summed E-state index contributed by atoms with van der Waals surface area (Å²) in [5.41, 5.74) is -1.02. The van der Waals surface area contributed by atoms with Crippen LogP contribution in [-0.2, 0) is 12.4 Å². The average molecular weight is 437 g/mol. The molecule has 0 bridgehead atoms. The molecule has 0 heterocycles. The van der Waals surface area contributed by atoms with E-state index in [9.17, 15) is 26.3 Å². The first kappa shape index (κ1) is 22.3. The fourth-order valence-electron chi connectivity index (χ4n) is 2.53. The van der Waals surface area contributed by atoms with Crippen LogP contribution in [-0.4, -0.2) is 6.61 Å². The van der Waals surface area contributed by atoms with E-state index in [4.69, 9.17) is 9.47 Å². The molecular formula is C23H15F6O2. The van der Waals surface area contributed by atoms with Gasteiger partial charge in [0.25, 0.3) is 0 Å². The highest BCUT2D eigenvalue weighted by molar-refractivity contribution is 5.50. The van der Waals surface area contributed by atoms with Gasteiger partial charge in [0.1, 0.15) is 23.9 Å². The van der Waals surface area contributed by atoms with Crippen LogP contribution in [0.3, 0.4) is 0 Å². The highest BCUT2D eigenvalue weighted by atomic mass is 19.4. The highest BCUT2D eigenvalue weighted by Crippen LogP contribution is 2.32. The highest BCUT2D eigenvalue weighted by Gasteiger charge is 2.30. The lowest BCUT2D eigenvalue weighted by atomic mass is 10.1. The second-order valence-electron chi connectivity index (χ2n) is 6.35. The molecule has 0 amide bonds. The van der Waals surface area contributed by atoms with Gasteiger partial charge in [0.15, 0.2) is 0 Å². The van der Waals surface area contributed by atoms with Crippen LogP contribution in [0.2, 0.25) is 0 Å². The molecule has 0 atom stereocenters. The Balaban J connectivity index is 1.55. The van der Waals surface area contributed by atoms with Gasteiger partial charge in [0.05, 0.1) is 11.1 Å². The molecule has 0 unspecified atom stereocenters. The number of ether oxygens (including phenoxy) is 2. The van der Waals surface area contributed by atoms with E-state index in [1.54, 1.807) is 36.4 Å². The lowest BCUT2D eigenvalue weighted by Crippen LogP contribution is -2.04. The van der Waals surface area contributed by atoms with Crippen LogP contribution in [0.4, 0.5) is 26.3 Å². The molecule has 0 spiro atoms.